The molecule has 2 N–H and O–H groups in total. The standard InChI is InChI=1S/C12H13BrN2O5/c1-12(2,6-10(16)17)14-11(18)8-5-7(15(19)20)3-4-9(8)13/h3-5H,6H2,1-2H3,(H,14,18)(H,16,17). The average molecular weight is 345 g/mol. The molecule has 0 saturated heterocycles. The van der Waals surface area contributed by atoms with Crippen LogP contribution in [-0.4, -0.2) is 27.4 Å². The zero-order valence-corrected chi connectivity index (χ0v) is 12.4. The van der Waals surface area contributed by atoms with Gasteiger partial charge in [-0.25, -0.2) is 0 Å². The van der Waals surface area contributed by atoms with Gasteiger partial charge in [-0.1, -0.05) is 0 Å². The first-order valence-electron chi connectivity index (χ1n) is 5.60. The van der Waals surface area contributed by atoms with E-state index in [0.717, 1.165) is 6.07 Å². The Morgan fingerprint density at radius 2 is 2.05 bits per heavy atom. The van der Waals surface area contributed by atoms with Crippen LogP contribution < -0.4 is 5.32 Å². The fourth-order valence-corrected chi connectivity index (χ4v) is 2.02. The number of carbonyl (C=O) groups is 2. The topological polar surface area (TPSA) is 110 Å². The zero-order chi connectivity index (χ0) is 15.5. The van der Waals surface area contributed by atoms with Crippen molar-refractivity contribution in [3.8, 4) is 0 Å². The highest BCUT2D eigenvalue weighted by Crippen LogP contribution is 2.23. The van der Waals surface area contributed by atoms with Crippen LogP contribution in [0.5, 0.6) is 0 Å². The van der Waals surface area contributed by atoms with Gasteiger partial charge in [-0.3, -0.25) is 19.7 Å². The molecule has 1 rings (SSSR count). The molecule has 0 fully saturated rings. The van der Waals surface area contributed by atoms with Crippen LogP contribution in [0.2, 0.25) is 0 Å². The molecule has 1 amide bonds. The van der Waals surface area contributed by atoms with E-state index in [0.29, 0.717) is 4.47 Å². The molecule has 0 aliphatic rings. The summed E-state index contributed by atoms with van der Waals surface area (Å²) in [4.78, 5) is 32.9. The van der Waals surface area contributed by atoms with Gasteiger partial charge in [0.05, 0.1) is 16.9 Å². The van der Waals surface area contributed by atoms with Gasteiger partial charge in [0, 0.05) is 22.1 Å². The molecule has 0 atom stereocenters. The van der Waals surface area contributed by atoms with Gasteiger partial charge in [0.15, 0.2) is 0 Å². The van der Waals surface area contributed by atoms with Crippen molar-refractivity contribution in [1.82, 2.24) is 5.32 Å². The number of carbonyl (C=O) groups excluding carboxylic acids is 1. The van der Waals surface area contributed by atoms with E-state index in [1.165, 1.54) is 12.1 Å². The lowest BCUT2D eigenvalue weighted by Crippen LogP contribution is -2.45. The summed E-state index contributed by atoms with van der Waals surface area (Å²) < 4.78 is 0.395. The summed E-state index contributed by atoms with van der Waals surface area (Å²) >= 11 is 3.14. The molecular formula is C12H13BrN2O5. The summed E-state index contributed by atoms with van der Waals surface area (Å²) in [5.74, 6) is -1.62. The van der Waals surface area contributed by atoms with Gasteiger partial charge in [0.25, 0.3) is 11.6 Å². The molecule has 108 valence electrons. The highest BCUT2D eigenvalue weighted by molar-refractivity contribution is 9.10. The molecule has 7 nitrogen and oxygen atoms in total. The molecule has 0 unspecified atom stereocenters. The number of aliphatic carboxylic acids is 1. The Labute approximate surface area is 123 Å². The van der Waals surface area contributed by atoms with E-state index in [1.807, 2.05) is 0 Å². The first-order valence-corrected chi connectivity index (χ1v) is 6.40. The number of carboxylic acids is 1. The van der Waals surface area contributed by atoms with Gasteiger partial charge in [0.1, 0.15) is 0 Å². The van der Waals surface area contributed by atoms with Crippen LogP contribution in [0, 0.1) is 10.1 Å². The van der Waals surface area contributed by atoms with Crippen LogP contribution in [0.1, 0.15) is 30.6 Å². The van der Waals surface area contributed by atoms with E-state index in [4.69, 9.17) is 5.11 Å². The molecule has 20 heavy (non-hydrogen) atoms. The minimum Gasteiger partial charge on any atom is -0.481 e. The third-order valence-corrected chi connectivity index (χ3v) is 3.14. The van der Waals surface area contributed by atoms with E-state index < -0.39 is 22.3 Å². The van der Waals surface area contributed by atoms with E-state index in [-0.39, 0.29) is 17.7 Å². The Morgan fingerprint density at radius 3 is 2.55 bits per heavy atom. The van der Waals surface area contributed by atoms with E-state index in [9.17, 15) is 19.7 Å². The highest BCUT2D eigenvalue weighted by atomic mass is 79.9. The van der Waals surface area contributed by atoms with Crippen molar-refractivity contribution < 1.29 is 19.6 Å². The molecule has 1 aromatic carbocycles. The monoisotopic (exact) mass is 344 g/mol. The van der Waals surface area contributed by atoms with Crippen LogP contribution in [0.25, 0.3) is 0 Å². The van der Waals surface area contributed by atoms with Gasteiger partial charge in [0.2, 0.25) is 0 Å². The smallest absolute Gasteiger partial charge is 0.305 e. The predicted molar refractivity (Wildman–Crippen MR) is 74.6 cm³/mol. The summed E-state index contributed by atoms with van der Waals surface area (Å²) in [7, 11) is 0. The molecular weight excluding hydrogens is 332 g/mol. The van der Waals surface area contributed by atoms with Gasteiger partial charge in [-0.05, 0) is 35.8 Å². The summed E-state index contributed by atoms with van der Waals surface area (Å²) in [6.45, 7) is 3.12. The number of hydrogen-bond donors (Lipinski definition) is 2. The molecule has 0 aliphatic heterocycles. The van der Waals surface area contributed by atoms with Gasteiger partial charge in [-0.2, -0.15) is 0 Å². The maximum absolute atomic E-state index is 12.1. The molecule has 0 aromatic heterocycles. The van der Waals surface area contributed by atoms with Crippen molar-refractivity contribution in [2.24, 2.45) is 0 Å². The molecule has 1 aromatic rings. The maximum Gasteiger partial charge on any atom is 0.305 e. The normalized spacial score (nSPS) is 10.9. The number of hydrogen-bond acceptors (Lipinski definition) is 4. The summed E-state index contributed by atoms with van der Waals surface area (Å²) in [6.07, 6.45) is -0.259. The Bertz CT molecular complexity index is 571. The quantitative estimate of drug-likeness (QED) is 0.629. The van der Waals surface area contributed by atoms with Crippen LogP contribution >= 0.6 is 15.9 Å². The zero-order valence-electron chi connectivity index (χ0n) is 10.8. The lowest BCUT2D eigenvalue weighted by Gasteiger charge is -2.24. The first kappa shape index (κ1) is 16.1. The van der Waals surface area contributed by atoms with Crippen LogP contribution in [0.3, 0.4) is 0 Å². The largest absolute Gasteiger partial charge is 0.481 e. The van der Waals surface area contributed by atoms with Crippen molar-refractivity contribution in [3.05, 3.63) is 38.3 Å². The third kappa shape index (κ3) is 4.30. The predicted octanol–water partition coefficient (Wildman–Crippen LogP) is 2.34. The Hall–Kier alpha value is -1.96. The fraction of sp³-hybridized carbons (Fsp3) is 0.333. The van der Waals surface area contributed by atoms with Crippen molar-refractivity contribution in [2.75, 3.05) is 0 Å². The van der Waals surface area contributed by atoms with E-state index >= 15 is 0 Å². The number of non-ortho nitro benzene ring substituents is 1. The van der Waals surface area contributed by atoms with Crippen LogP contribution in [0.4, 0.5) is 5.69 Å². The fourth-order valence-electron chi connectivity index (χ4n) is 1.60. The number of rotatable bonds is 5. The number of nitrogens with zero attached hydrogens (tertiary/aromatic N) is 1. The van der Waals surface area contributed by atoms with Crippen molar-refractivity contribution >= 4 is 33.5 Å². The van der Waals surface area contributed by atoms with Crippen LogP contribution in [0.15, 0.2) is 22.7 Å². The second kappa shape index (κ2) is 6.00. The van der Waals surface area contributed by atoms with Crippen molar-refractivity contribution in [1.29, 1.82) is 0 Å². The molecule has 0 radical (unpaired) electrons. The number of benzene rings is 1. The number of nitro groups is 1. The SMILES string of the molecule is CC(C)(CC(=O)O)NC(=O)c1cc([N+](=O)[O-])ccc1Br. The lowest BCUT2D eigenvalue weighted by atomic mass is 10.00. The maximum atomic E-state index is 12.1. The van der Waals surface area contributed by atoms with Crippen LogP contribution in [-0.2, 0) is 4.79 Å². The van der Waals surface area contributed by atoms with Crippen molar-refractivity contribution in [2.45, 2.75) is 25.8 Å². The minimum absolute atomic E-state index is 0.0812. The number of carboxylic acid groups (broad SMARTS) is 1. The molecule has 0 spiro atoms. The molecule has 0 bridgehead atoms. The van der Waals surface area contributed by atoms with Gasteiger partial charge in [-0.15, -0.1) is 0 Å². The Balaban J connectivity index is 3.00. The highest BCUT2D eigenvalue weighted by Gasteiger charge is 2.26. The van der Waals surface area contributed by atoms with Gasteiger partial charge < -0.3 is 10.4 Å². The van der Waals surface area contributed by atoms with Gasteiger partial charge >= 0.3 is 5.97 Å². The van der Waals surface area contributed by atoms with E-state index in [2.05, 4.69) is 21.2 Å². The number of nitro benzene ring substituents is 1. The second-order valence-corrected chi connectivity index (χ2v) is 5.68. The Morgan fingerprint density at radius 1 is 1.45 bits per heavy atom. The summed E-state index contributed by atoms with van der Waals surface area (Å²) in [5.41, 5.74) is -1.10. The first-order chi connectivity index (χ1) is 9.12. The summed E-state index contributed by atoms with van der Waals surface area (Å²) in [6, 6.07) is 3.80. The molecule has 0 saturated carbocycles. The minimum atomic E-state index is -1.05. The number of halogens is 1. The second-order valence-electron chi connectivity index (χ2n) is 4.83. The average Bonchev–Trinajstić information content (AvgIpc) is 2.26. The van der Waals surface area contributed by atoms with E-state index in [1.54, 1.807) is 13.8 Å². The lowest BCUT2D eigenvalue weighted by molar-refractivity contribution is -0.384. The number of nitrogens with one attached hydrogen (secondary N) is 1. The molecule has 8 heteroatoms. The summed E-state index contributed by atoms with van der Waals surface area (Å²) in [5, 5.41) is 22.0. The molecule has 0 heterocycles. The number of amides is 1. The van der Waals surface area contributed by atoms with Crippen molar-refractivity contribution in [3.63, 3.8) is 0 Å². The third-order valence-electron chi connectivity index (χ3n) is 2.45. The molecule has 0 aliphatic carbocycles. The Kier molecular flexibility index (Phi) is 4.83.